The van der Waals surface area contributed by atoms with Crippen LogP contribution in [0, 0.1) is 6.92 Å². The summed E-state index contributed by atoms with van der Waals surface area (Å²) in [4.78, 5) is 17.0. The molecule has 1 aromatic carbocycles. The van der Waals surface area contributed by atoms with E-state index in [0.29, 0.717) is 12.1 Å². The van der Waals surface area contributed by atoms with Crippen molar-refractivity contribution < 1.29 is 4.74 Å². The Morgan fingerprint density at radius 3 is 2.54 bits per heavy atom. The highest BCUT2D eigenvalue weighted by Gasteiger charge is 2.41. The molecule has 3 heterocycles. The molecule has 2 fully saturated rings. The van der Waals surface area contributed by atoms with Crippen molar-refractivity contribution >= 4 is 0 Å². The lowest BCUT2D eigenvalue weighted by Crippen LogP contribution is -2.43. The smallest absolute Gasteiger partial charge is 0.253 e. The molecule has 1 unspecified atom stereocenters. The number of nitrogens with zero attached hydrogens (tertiary/aromatic N) is 3. The standard InChI is InChI=1S/C21H27N3O2/c1-14-7-17(10-23(3)21(14)25)15-5-6-16(20(8-15)26-4)11-24-13-18-9-19(24)12-22(18)2/h5-8,10,18-19H,9,11-13H2,1-4H3/t18-,19?/m0/s1. The van der Waals surface area contributed by atoms with Gasteiger partial charge in [-0.2, -0.15) is 0 Å². The third-order valence-corrected chi connectivity index (χ3v) is 5.98. The SMILES string of the molecule is COc1cc(-c2cc(C)c(=O)n(C)c2)ccc1CN1C[C@@H]2CC1CN2C. The molecule has 138 valence electrons. The Bertz CT molecular complexity index is 861. The summed E-state index contributed by atoms with van der Waals surface area (Å²) in [5, 5.41) is 0. The minimum absolute atomic E-state index is 0.0476. The summed E-state index contributed by atoms with van der Waals surface area (Å²) in [6.45, 7) is 5.11. The van der Waals surface area contributed by atoms with E-state index in [0.717, 1.165) is 35.5 Å². The van der Waals surface area contributed by atoms with Gasteiger partial charge in [-0.3, -0.25) is 9.69 Å². The van der Waals surface area contributed by atoms with Crippen molar-refractivity contribution in [3.05, 3.63) is 51.9 Å². The van der Waals surface area contributed by atoms with E-state index >= 15 is 0 Å². The normalized spacial score (nSPS) is 22.9. The molecule has 2 aromatic rings. The van der Waals surface area contributed by atoms with Gasteiger partial charge >= 0.3 is 0 Å². The second-order valence-electron chi connectivity index (χ2n) is 7.77. The Labute approximate surface area is 154 Å². The fourth-order valence-corrected chi connectivity index (χ4v) is 4.45. The van der Waals surface area contributed by atoms with Crippen LogP contribution in [-0.2, 0) is 13.6 Å². The van der Waals surface area contributed by atoms with Gasteiger partial charge in [-0.25, -0.2) is 0 Å². The van der Waals surface area contributed by atoms with Gasteiger partial charge in [0, 0.05) is 56.1 Å². The molecule has 5 nitrogen and oxygen atoms in total. The molecule has 0 amide bonds. The van der Waals surface area contributed by atoms with Crippen LogP contribution < -0.4 is 10.3 Å². The number of ether oxygens (including phenoxy) is 1. The number of piperazine rings is 1. The van der Waals surface area contributed by atoms with Crippen LogP contribution in [0.4, 0.5) is 0 Å². The number of likely N-dealkylation sites (N-methyl/N-ethyl adjacent to an activating group) is 1. The average molecular weight is 353 g/mol. The van der Waals surface area contributed by atoms with Crippen molar-refractivity contribution in [2.24, 2.45) is 7.05 Å². The van der Waals surface area contributed by atoms with E-state index < -0.39 is 0 Å². The number of fused-ring (bicyclic) bond motifs is 2. The predicted octanol–water partition coefficient (Wildman–Crippen LogP) is 2.26. The molecule has 5 heteroatoms. The number of methoxy groups -OCH3 is 1. The van der Waals surface area contributed by atoms with Gasteiger partial charge in [0.25, 0.3) is 5.56 Å². The van der Waals surface area contributed by atoms with Crippen molar-refractivity contribution in [3.8, 4) is 16.9 Å². The molecule has 0 radical (unpaired) electrons. The molecule has 0 spiro atoms. The maximum atomic E-state index is 11.9. The highest BCUT2D eigenvalue weighted by Crippen LogP contribution is 2.33. The van der Waals surface area contributed by atoms with Crippen LogP contribution in [0.2, 0.25) is 0 Å². The van der Waals surface area contributed by atoms with Gasteiger partial charge in [-0.05, 0) is 43.7 Å². The lowest BCUT2D eigenvalue weighted by atomic mass is 10.0. The van der Waals surface area contributed by atoms with Gasteiger partial charge in [0.05, 0.1) is 7.11 Å². The lowest BCUT2D eigenvalue weighted by molar-refractivity contribution is 0.142. The summed E-state index contributed by atoms with van der Waals surface area (Å²) >= 11 is 0. The monoisotopic (exact) mass is 353 g/mol. The van der Waals surface area contributed by atoms with Crippen molar-refractivity contribution in [2.75, 3.05) is 27.2 Å². The zero-order chi connectivity index (χ0) is 18.4. The molecular formula is C21H27N3O2. The topological polar surface area (TPSA) is 37.7 Å². The fourth-order valence-electron chi connectivity index (χ4n) is 4.45. The average Bonchev–Trinajstić information content (AvgIpc) is 3.18. The van der Waals surface area contributed by atoms with Crippen LogP contribution in [0.1, 0.15) is 17.5 Å². The van der Waals surface area contributed by atoms with E-state index in [-0.39, 0.29) is 5.56 Å². The Hall–Kier alpha value is -2.11. The summed E-state index contributed by atoms with van der Waals surface area (Å²) in [6.07, 6.45) is 3.17. The number of likely N-dealkylation sites (tertiary alicyclic amines) is 2. The Morgan fingerprint density at radius 2 is 1.92 bits per heavy atom. The van der Waals surface area contributed by atoms with Gasteiger partial charge < -0.3 is 14.2 Å². The summed E-state index contributed by atoms with van der Waals surface area (Å²) < 4.78 is 7.34. The second kappa shape index (κ2) is 6.56. The highest BCUT2D eigenvalue weighted by atomic mass is 16.5. The van der Waals surface area contributed by atoms with Crippen molar-refractivity contribution in [1.29, 1.82) is 0 Å². The zero-order valence-corrected chi connectivity index (χ0v) is 16.0. The fraction of sp³-hybridized carbons (Fsp3) is 0.476. The van der Waals surface area contributed by atoms with E-state index in [4.69, 9.17) is 4.74 Å². The summed E-state index contributed by atoms with van der Waals surface area (Å²) in [5.74, 6) is 0.921. The Kier molecular flexibility index (Phi) is 4.37. The van der Waals surface area contributed by atoms with E-state index in [1.807, 2.05) is 19.2 Å². The molecule has 2 saturated heterocycles. The molecule has 2 atom stereocenters. The van der Waals surface area contributed by atoms with Gasteiger partial charge in [0.1, 0.15) is 5.75 Å². The van der Waals surface area contributed by atoms with Crippen molar-refractivity contribution in [1.82, 2.24) is 14.4 Å². The van der Waals surface area contributed by atoms with Gasteiger partial charge in [0.15, 0.2) is 0 Å². The first-order valence-corrected chi connectivity index (χ1v) is 9.25. The van der Waals surface area contributed by atoms with Crippen LogP contribution in [0.3, 0.4) is 0 Å². The van der Waals surface area contributed by atoms with Gasteiger partial charge in [-0.15, -0.1) is 0 Å². The molecule has 0 saturated carbocycles. The molecular weight excluding hydrogens is 326 g/mol. The third kappa shape index (κ3) is 2.95. The predicted molar refractivity (Wildman–Crippen MR) is 104 cm³/mol. The van der Waals surface area contributed by atoms with Crippen LogP contribution in [0.25, 0.3) is 11.1 Å². The minimum Gasteiger partial charge on any atom is -0.496 e. The van der Waals surface area contributed by atoms with Gasteiger partial charge in [-0.1, -0.05) is 12.1 Å². The molecule has 1 aromatic heterocycles. The van der Waals surface area contributed by atoms with E-state index in [9.17, 15) is 4.79 Å². The second-order valence-corrected chi connectivity index (χ2v) is 7.77. The number of benzene rings is 1. The molecule has 0 N–H and O–H groups in total. The highest BCUT2D eigenvalue weighted by molar-refractivity contribution is 5.66. The number of aryl methyl sites for hydroxylation is 2. The minimum atomic E-state index is 0.0476. The molecule has 2 aliphatic heterocycles. The molecule has 0 aliphatic carbocycles. The number of rotatable bonds is 4. The van der Waals surface area contributed by atoms with Gasteiger partial charge in [0.2, 0.25) is 0 Å². The van der Waals surface area contributed by atoms with E-state index in [1.54, 1.807) is 18.7 Å². The number of hydrogen-bond donors (Lipinski definition) is 0. The summed E-state index contributed by atoms with van der Waals surface area (Å²) in [7, 11) is 5.76. The summed E-state index contributed by atoms with van der Waals surface area (Å²) in [5.41, 5.74) is 4.15. The quantitative estimate of drug-likeness (QED) is 0.845. The van der Waals surface area contributed by atoms with Crippen LogP contribution in [-0.4, -0.2) is 53.7 Å². The number of pyridine rings is 1. The lowest BCUT2D eigenvalue weighted by Gasteiger charge is -2.32. The molecule has 2 aliphatic rings. The third-order valence-electron chi connectivity index (χ3n) is 5.98. The van der Waals surface area contributed by atoms with Crippen LogP contribution >= 0.6 is 0 Å². The Balaban J connectivity index is 1.60. The molecule has 26 heavy (non-hydrogen) atoms. The first kappa shape index (κ1) is 17.3. The largest absolute Gasteiger partial charge is 0.496 e. The van der Waals surface area contributed by atoms with Crippen LogP contribution in [0.15, 0.2) is 35.3 Å². The Morgan fingerprint density at radius 1 is 1.12 bits per heavy atom. The number of aromatic nitrogens is 1. The van der Waals surface area contributed by atoms with Crippen molar-refractivity contribution in [3.63, 3.8) is 0 Å². The summed E-state index contributed by atoms with van der Waals surface area (Å²) in [6, 6.07) is 9.72. The number of hydrogen-bond acceptors (Lipinski definition) is 4. The maximum Gasteiger partial charge on any atom is 0.253 e. The van der Waals surface area contributed by atoms with Crippen molar-refractivity contribution in [2.45, 2.75) is 32.0 Å². The first-order chi connectivity index (χ1) is 12.5. The first-order valence-electron chi connectivity index (χ1n) is 9.25. The van der Waals surface area contributed by atoms with E-state index in [2.05, 4.69) is 35.0 Å². The van der Waals surface area contributed by atoms with E-state index in [1.165, 1.54) is 18.5 Å². The maximum absolute atomic E-state index is 11.9. The molecule has 4 rings (SSSR count). The zero-order valence-electron chi connectivity index (χ0n) is 16.0. The molecule has 2 bridgehead atoms. The van der Waals surface area contributed by atoms with Crippen LogP contribution in [0.5, 0.6) is 5.75 Å².